The van der Waals surface area contributed by atoms with Gasteiger partial charge in [-0.2, -0.15) is 5.10 Å². The highest BCUT2D eigenvalue weighted by Crippen LogP contribution is 2.27. The monoisotopic (exact) mass is 377 g/mol. The van der Waals surface area contributed by atoms with Gasteiger partial charge in [-0.05, 0) is 49.9 Å². The number of hydrogen-bond acceptors (Lipinski definition) is 3. The summed E-state index contributed by atoms with van der Waals surface area (Å²) in [6, 6.07) is 7.72. The molecule has 0 atom stereocenters. The van der Waals surface area contributed by atoms with E-state index in [0.717, 1.165) is 47.1 Å². The fourth-order valence-corrected chi connectivity index (χ4v) is 3.08. The van der Waals surface area contributed by atoms with E-state index in [2.05, 4.69) is 26.3 Å². The molecule has 0 saturated heterocycles. The van der Waals surface area contributed by atoms with Gasteiger partial charge in [-0.1, -0.05) is 15.9 Å². The van der Waals surface area contributed by atoms with Crippen molar-refractivity contribution < 1.29 is 14.7 Å². The lowest BCUT2D eigenvalue weighted by Crippen LogP contribution is -2.30. The summed E-state index contributed by atoms with van der Waals surface area (Å²) in [6.45, 7) is -0.404. The molecule has 2 aromatic rings. The van der Waals surface area contributed by atoms with Crippen molar-refractivity contribution in [2.45, 2.75) is 25.7 Å². The fourth-order valence-electron chi connectivity index (χ4n) is 2.82. The number of carbonyl (C=O) groups excluding carboxylic acids is 1. The zero-order chi connectivity index (χ0) is 16.4. The van der Waals surface area contributed by atoms with Gasteiger partial charge in [0.1, 0.15) is 6.54 Å². The van der Waals surface area contributed by atoms with E-state index in [0.29, 0.717) is 5.69 Å². The average molecular weight is 378 g/mol. The van der Waals surface area contributed by atoms with Gasteiger partial charge in [0.2, 0.25) is 0 Å². The van der Waals surface area contributed by atoms with Crippen LogP contribution in [-0.4, -0.2) is 33.3 Å². The Morgan fingerprint density at radius 2 is 1.91 bits per heavy atom. The predicted octanol–water partition coefficient (Wildman–Crippen LogP) is 2.33. The van der Waals surface area contributed by atoms with Crippen molar-refractivity contribution >= 4 is 27.8 Å². The van der Waals surface area contributed by atoms with Gasteiger partial charge in [-0.15, -0.1) is 0 Å². The number of carboxylic acids is 1. The highest BCUT2D eigenvalue weighted by molar-refractivity contribution is 9.10. The summed E-state index contributed by atoms with van der Waals surface area (Å²) >= 11 is 3.41. The van der Waals surface area contributed by atoms with Gasteiger partial charge >= 0.3 is 5.97 Å². The van der Waals surface area contributed by atoms with Crippen LogP contribution in [0.3, 0.4) is 0 Å². The number of carbonyl (C=O) groups is 2. The van der Waals surface area contributed by atoms with Crippen molar-refractivity contribution in [3.05, 3.63) is 45.7 Å². The third-order valence-corrected chi connectivity index (χ3v) is 4.40. The molecule has 0 aliphatic heterocycles. The molecule has 1 heterocycles. The number of halogens is 1. The Labute approximate surface area is 141 Å². The Balaban J connectivity index is 1.99. The number of aliphatic carboxylic acids is 1. The second-order valence-electron chi connectivity index (χ2n) is 5.45. The van der Waals surface area contributed by atoms with E-state index in [1.54, 1.807) is 4.68 Å². The third-order valence-electron chi connectivity index (χ3n) is 3.87. The van der Waals surface area contributed by atoms with Gasteiger partial charge in [0.25, 0.3) is 5.91 Å². The molecule has 1 amide bonds. The minimum atomic E-state index is -1.07. The van der Waals surface area contributed by atoms with Gasteiger partial charge in [-0.25, -0.2) is 4.68 Å². The maximum atomic E-state index is 12.3. The summed E-state index contributed by atoms with van der Waals surface area (Å²) in [5, 5.41) is 15.6. The summed E-state index contributed by atoms with van der Waals surface area (Å²) in [6.07, 6.45) is 3.73. The van der Waals surface area contributed by atoms with Crippen molar-refractivity contribution in [2.24, 2.45) is 0 Å². The average Bonchev–Trinajstić information content (AvgIpc) is 2.93. The first kappa shape index (κ1) is 15.7. The number of fused-ring (bicyclic) bond motifs is 1. The van der Waals surface area contributed by atoms with E-state index in [1.165, 1.54) is 0 Å². The van der Waals surface area contributed by atoms with Gasteiger partial charge in [0.05, 0.1) is 5.69 Å². The van der Waals surface area contributed by atoms with Gasteiger partial charge in [-0.3, -0.25) is 9.59 Å². The topological polar surface area (TPSA) is 84.2 Å². The maximum absolute atomic E-state index is 12.3. The number of benzene rings is 1. The maximum Gasteiger partial charge on any atom is 0.322 e. The Morgan fingerprint density at radius 1 is 1.22 bits per heavy atom. The van der Waals surface area contributed by atoms with Crippen molar-refractivity contribution in [1.29, 1.82) is 0 Å². The Morgan fingerprint density at radius 3 is 2.61 bits per heavy atom. The lowest BCUT2D eigenvalue weighted by atomic mass is 9.95. The molecule has 1 aromatic heterocycles. The second-order valence-corrected chi connectivity index (χ2v) is 6.36. The molecular formula is C16H16BrN3O3. The number of carboxylic acid groups (broad SMARTS) is 1. The molecule has 0 radical (unpaired) electrons. The predicted molar refractivity (Wildman–Crippen MR) is 87.9 cm³/mol. The Kier molecular flexibility index (Phi) is 4.47. The van der Waals surface area contributed by atoms with Crippen LogP contribution in [-0.2, 0) is 17.6 Å². The molecule has 0 saturated carbocycles. The van der Waals surface area contributed by atoms with Crippen molar-refractivity contribution in [3.63, 3.8) is 0 Å². The smallest absolute Gasteiger partial charge is 0.322 e. The summed E-state index contributed by atoms with van der Waals surface area (Å²) < 4.78 is 2.78. The SMILES string of the molecule is O=C(O)CNC(=O)c1nn(-c2ccc(Br)cc2)c2c1CCCC2. The lowest BCUT2D eigenvalue weighted by molar-refractivity contribution is -0.135. The van der Waals surface area contributed by atoms with Gasteiger partial charge in [0.15, 0.2) is 5.69 Å². The van der Waals surface area contributed by atoms with Crippen molar-refractivity contribution in [1.82, 2.24) is 15.1 Å². The molecule has 0 unspecified atom stereocenters. The Bertz CT molecular complexity index is 753. The summed E-state index contributed by atoms with van der Waals surface area (Å²) in [5.41, 5.74) is 3.20. The zero-order valence-electron chi connectivity index (χ0n) is 12.4. The highest BCUT2D eigenvalue weighted by atomic mass is 79.9. The van der Waals surface area contributed by atoms with Gasteiger partial charge in [0, 0.05) is 15.7 Å². The molecule has 23 heavy (non-hydrogen) atoms. The zero-order valence-corrected chi connectivity index (χ0v) is 14.0. The van der Waals surface area contributed by atoms with Crippen LogP contribution >= 0.6 is 15.9 Å². The van der Waals surface area contributed by atoms with Crippen LogP contribution in [0.4, 0.5) is 0 Å². The fraction of sp³-hybridized carbons (Fsp3) is 0.312. The molecule has 1 aliphatic rings. The van der Waals surface area contributed by atoms with Crippen LogP contribution in [0, 0.1) is 0 Å². The number of hydrogen-bond donors (Lipinski definition) is 2. The molecule has 1 aromatic carbocycles. The van der Waals surface area contributed by atoms with E-state index >= 15 is 0 Å². The standard InChI is InChI=1S/C16H16BrN3O3/c17-10-5-7-11(8-6-10)20-13-4-2-1-3-12(13)15(19-20)16(23)18-9-14(21)22/h5-8H,1-4,9H2,(H,18,23)(H,21,22). The molecule has 1 aliphatic carbocycles. The summed E-state index contributed by atoms with van der Waals surface area (Å²) in [7, 11) is 0. The normalized spacial score (nSPS) is 13.4. The quantitative estimate of drug-likeness (QED) is 0.856. The number of aromatic nitrogens is 2. The number of nitrogens with one attached hydrogen (secondary N) is 1. The highest BCUT2D eigenvalue weighted by Gasteiger charge is 2.25. The molecule has 120 valence electrons. The van der Waals surface area contributed by atoms with E-state index in [9.17, 15) is 9.59 Å². The molecule has 0 bridgehead atoms. The van der Waals surface area contributed by atoms with E-state index in [4.69, 9.17) is 5.11 Å². The van der Waals surface area contributed by atoms with E-state index in [1.807, 2.05) is 24.3 Å². The first-order valence-corrected chi connectivity index (χ1v) is 8.22. The Hall–Kier alpha value is -2.15. The summed E-state index contributed by atoms with van der Waals surface area (Å²) in [5.74, 6) is -1.50. The molecule has 7 heteroatoms. The second kappa shape index (κ2) is 6.54. The van der Waals surface area contributed by atoms with E-state index < -0.39 is 18.4 Å². The summed E-state index contributed by atoms with van der Waals surface area (Å²) in [4.78, 5) is 22.9. The van der Waals surface area contributed by atoms with Crippen molar-refractivity contribution in [2.75, 3.05) is 6.54 Å². The van der Waals surface area contributed by atoms with Crippen molar-refractivity contribution in [3.8, 4) is 5.69 Å². The van der Waals surface area contributed by atoms with E-state index in [-0.39, 0.29) is 0 Å². The minimum absolute atomic E-state index is 0.337. The van der Waals surface area contributed by atoms with Gasteiger partial charge < -0.3 is 10.4 Å². The van der Waals surface area contributed by atoms with Crippen LogP contribution in [0.5, 0.6) is 0 Å². The molecular weight excluding hydrogens is 362 g/mol. The van der Waals surface area contributed by atoms with Crippen LogP contribution in [0.2, 0.25) is 0 Å². The van der Waals surface area contributed by atoms with Crippen LogP contribution in [0.15, 0.2) is 28.7 Å². The van der Waals surface area contributed by atoms with Crippen LogP contribution in [0.25, 0.3) is 5.69 Å². The molecule has 2 N–H and O–H groups in total. The number of rotatable bonds is 4. The first-order chi connectivity index (χ1) is 11.1. The van der Waals surface area contributed by atoms with Crippen LogP contribution < -0.4 is 5.32 Å². The third kappa shape index (κ3) is 3.29. The molecule has 0 fully saturated rings. The number of nitrogens with zero attached hydrogens (tertiary/aromatic N) is 2. The largest absolute Gasteiger partial charge is 0.480 e. The first-order valence-electron chi connectivity index (χ1n) is 7.43. The number of amides is 1. The molecule has 0 spiro atoms. The van der Waals surface area contributed by atoms with Crippen LogP contribution in [0.1, 0.15) is 34.6 Å². The molecule has 6 nitrogen and oxygen atoms in total. The lowest BCUT2D eigenvalue weighted by Gasteiger charge is -2.14. The minimum Gasteiger partial charge on any atom is -0.480 e. The molecule has 3 rings (SSSR count).